The van der Waals surface area contributed by atoms with E-state index in [1.165, 1.54) is 7.11 Å². The van der Waals surface area contributed by atoms with Crippen molar-refractivity contribution in [1.82, 2.24) is 15.0 Å². The molecule has 1 heterocycles. The number of halogens is 1. The molecule has 28 heavy (non-hydrogen) atoms. The molecule has 0 fully saturated rings. The maximum Gasteiger partial charge on any atom is 0.258 e. The third-order valence-corrected chi connectivity index (χ3v) is 4.59. The van der Waals surface area contributed by atoms with Gasteiger partial charge >= 0.3 is 0 Å². The lowest BCUT2D eigenvalue weighted by atomic mass is 10.1. The molecule has 2 aromatic carbocycles. The first-order chi connectivity index (χ1) is 13.4. The topological polar surface area (TPSA) is 68.5 Å². The predicted molar refractivity (Wildman–Crippen MR) is 107 cm³/mol. The van der Waals surface area contributed by atoms with Gasteiger partial charge in [0.2, 0.25) is 11.7 Å². The number of rotatable bonds is 6. The van der Waals surface area contributed by atoms with Gasteiger partial charge in [-0.3, -0.25) is 4.79 Å². The van der Waals surface area contributed by atoms with Gasteiger partial charge in [0.1, 0.15) is 12.3 Å². The van der Waals surface area contributed by atoms with E-state index in [1.54, 1.807) is 23.1 Å². The fourth-order valence-corrected chi connectivity index (χ4v) is 2.95. The molecule has 146 valence electrons. The van der Waals surface area contributed by atoms with E-state index in [9.17, 15) is 4.79 Å². The van der Waals surface area contributed by atoms with E-state index in [1.807, 2.05) is 45.0 Å². The lowest BCUT2D eigenvalue weighted by molar-refractivity contribution is 0.0664. The molecule has 0 bridgehead atoms. The highest BCUT2D eigenvalue weighted by atomic mass is 35.5. The molecular weight excluding hydrogens is 378 g/mol. The Morgan fingerprint density at radius 1 is 1.21 bits per heavy atom. The van der Waals surface area contributed by atoms with E-state index in [4.69, 9.17) is 20.9 Å². The summed E-state index contributed by atoms with van der Waals surface area (Å²) >= 11 is 6.08. The molecular formula is C21H22ClN3O3. The number of aromatic nitrogens is 2. The summed E-state index contributed by atoms with van der Waals surface area (Å²) in [6.45, 7) is 6.05. The maximum absolute atomic E-state index is 13.1. The number of benzene rings is 2. The first-order valence-electron chi connectivity index (χ1n) is 8.93. The van der Waals surface area contributed by atoms with E-state index in [-0.39, 0.29) is 18.5 Å². The molecule has 0 saturated heterocycles. The summed E-state index contributed by atoms with van der Waals surface area (Å²) in [5.74, 6) is 1.10. The molecule has 0 radical (unpaired) electrons. The number of nitrogens with zero attached hydrogens (tertiary/aromatic N) is 3. The van der Waals surface area contributed by atoms with Crippen LogP contribution in [-0.4, -0.2) is 34.1 Å². The van der Waals surface area contributed by atoms with Crippen LogP contribution in [0.1, 0.15) is 35.7 Å². The van der Waals surface area contributed by atoms with Gasteiger partial charge in [0, 0.05) is 16.6 Å². The average Bonchev–Trinajstić information content (AvgIpc) is 3.14. The number of hydrogen-bond donors (Lipinski definition) is 0. The minimum atomic E-state index is -0.218. The standard InChI is InChI=1S/C21H22ClN3O3/c1-13(2)25(21(26)17-11-16(22)9-10-18(17)27-4)12-19-23-20(24-28-19)15-7-5-14(3)6-8-15/h5-11,13H,12H2,1-4H3. The number of methoxy groups -OCH3 is 1. The van der Waals surface area contributed by atoms with E-state index in [2.05, 4.69) is 10.1 Å². The van der Waals surface area contributed by atoms with Gasteiger partial charge in [-0.05, 0) is 39.0 Å². The number of aryl methyl sites for hydroxylation is 1. The van der Waals surface area contributed by atoms with Crippen LogP contribution in [0.15, 0.2) is 47.0 Å². The van der Waals surface area contributed by atoms with E-state index >= 15 is 0 Å². The Labute approximate surface area is 169 Å². The molecule has 1 aromatic heterocycles. The second-order valence-electron chi connectivity index (χ2n) is 6.75. The van der Waals surface area contributed by atoms with Crippen molar-refractivity contribution in [2.24, 2.45) is 0 Å². The molecule has 0 spiro atoms. The highest BCUT2D eigenvalue weighted by Gasteiger charge is 2.25. The highest BCUT2D eigenvalue weighted by Crippen LogP contribution is 2.26. The molecule has 6 nitrogen and oxygen atoms in total. The van der Waals surface area contributed by atoms with Crippen LogP contribution in [0.5, 0.6) is 5.75 Å². The largest absolute Gasteiger partial charge is 0.496 e. The van der Waals surface area contributed by atoms with Crippen LogP contribution in [0.2, 0.25) is 5.02 Å². The Bertz CT molecular complexity index is 967. The Kier molecular flexibility index (Phi) is 5.99. The average molecular weight is 400 g/mol. The molecule has 7 heteroatoms. The smallest absolute Gasteiger partial charge is 0.258 e. The fraction of sp³-hybridized carbons (Fsp3) is 0.286. The third kappa shape index (κ3) is 4.34. The van der Waals surface area contributed by atoms with Crippen LogP contribution >= 0.6 is 11.6 Å². The molecule has 0 aliphatic heterocycles. The Hall–Kier alpha value is -2.86. The maximum atomic E-state index is 13.1. The lowest BCUT2D eigenvalue weighted by Gasteiger charge is -2.26. The molecule has 3 rings (SSSR count). The highest BCUT2D eigenvalue weighted by molar-refractivity contribution is 6.31. The zero-order valence-electron chi connectivity index (χ0n) is 16.3. The van der Waals surface area contributed by atoms with Crippen LogP contribution < -0.4 is 4.74 Å². The minimum Gasteiger partial charge on any atom is -0.496 e. The van der Waals surface area contributed by atoms with Crippen molar-refractivity contribution in [3.05, 3.63) is 64.5 Å². The quantitative estimate of drug-likeness (QED) is 0.597. The van der Waals surface area contributed by atoms with Gasteiger partial charge in [-0.2, -0.15) is 4.98 Å². The Morgan fingerprint density at radius 3 is 2.57 bits per heavy atom. The Balaban J connectivity index is 1.85. The molecule has 0 aliphatic carbocycles. The zero-order valence-corrected chi connectivity index (χ0v) is 17.0. The monoisotopic (exact) mass is 399 g/mol. The van der Waals surface area contributed by atoms with Crippen LogP contribution in [0, 0.1) is 6.92 Å². The molecule has 3 aromatic rings. The van der Waals surface area contributed by atoms with Crippen molar-refractivity contribution in [2.75, 3.05) is 7.11 Å². The van der Waals surface area contributed by atoms with Gasteiger partial charge in [0.25, 0.3) is 5.91 Å². The Morgan fingerprint density at radius 2 is 1.93 bits per heavy atom. The van der Waals surface area contributed by atoms with Gasteiger partial charge < -0.3 is 14.2 Å². The first-order valence-corrected chi connectivity index (χ1v) is 9.31. The van der Waals surface area contributed by atoms with Gasteiger partial charge in [-0.15, -0.1) is 0 Å². The van der Waals surface area contributed by atoms with E-state index in [0.717, 1.165) is 11.1 Å². The van der Waals surface area contributed by atoms with Crippen molar-refractivity contribution in [2.45, 2.75) is 33.4 Å². The molecule has 0 unspecified atom stereocenters. The molecule has 1 amide bonds. The molecule has 0 atom stereocenters. The van der Waals surface area contributed by atoms with Crippen molar-refractivity contribution in [1.29, 1.82) is 0 Å². The number of carbonyl (C=O) groups is 1. The van der Waals surface area contributed by atoms with Crippen molar-refractivity contribution in [3.8, 4) is 17.1 Å². The summed E-state index contributed by atoms with van der Waals surface area (Å²) in [6, 6.07) is 12.7. The van der Waals surface area contributed by atoms with Gasteiger partial charge in [0.15, 0.2) is 0 Å². The van der Waals surface area contributed by atoms with E-state index in [0.29, 0.717) is 28.1 Å². The normalized spacial score (nSPS) is 10.9. The summed E-state index contributed by atoms with van der Waals surface area (Å²) < 4.78 is 10.7. The third-order valence-electron chi connectivity index (χ3n) is 4.36. The van der Waals surface area contributed by atoms with Crippen LogP contribution in [0.4, 0.5) is 0 Å². The van der Waals surface area contributed by atoms with Gasteiger partial charge in [-0.1, -0.05) is 46.6 Å². The molecule has 0 aliphatic rings. The van der Waals surface area contributed by atoms with Crippen LogP contribution in [0.25, 0.3) is 11.4 Å². The molecule has 0 saturated carbocycles. The zero-order chi connectivity index (χ0) is 20.3. The predicted octanol–water partition coefficient (Wildman–Crippen LogP) is 4.76. The van der Waals surface area contributed by atoms with Crippen molar-refractivity contribution >= 4 is 17.5 Å². The fourth-order valence-electron chi connectivity index (χ4n) is 2.78. The van der Waals surface area contributed by atoms with Crippen LogP contribution in [0.3, 0.4) is 0 Å². The summed E-state index contributed by atoms with van der Waals surface area (Å²) in [5, 5.41) is 4.50. The summed E-state index contributed by atoms with van der Waals surface area (Å²) in [6.07, 6.45) is 0. The van der Waals surface area contributed by atoms with E-state index < -0.39 is 0 Å². The number of hydrogen-bond acceptors (Lipinski definition) is 5. The molecule has 0 N–H and O–H groups in total. The number of ether oxygens (including phenoxy) is 1. The van der Waals surface area contributed by atoms with Crippen LogP contribution in [-0.2, 0) is 6.54 Å². The van der Waals surface area contributed by atoms with Gasteiger partial charge in [0.05, 0.1) is 12.7 Å². The second kappa shape index (κ2) is 8.44. The van der Waals surface area contributed by atoms with Gasteiger partial charge in [-0.25, -0.2) is 0 Å². The summed E-state index contributed by atoms with van der Waals surface area (Å²) in [7, 11) is 1.52. The van der Waals surface area contributed by atoms with Crippen molar-refractivity contribution in [3.63, 3.8) is 0 Å². The summed E-state index contributed by atoms with van der Waals surface area (Å²) in [5.41, 5.74) is 2.40. The second-order valence-corrected chi connectivity index (χ2v) is 7.19. The first kappa shape index (κ1) is 19.9. The number of carbonyl (C=O) groups excluding carboxylic acids is 1. The number of amides is 1. The lowest BCUT2D eigenvalue weighted by Crippen LogP contribution is -2.36. The minimum absolute atomic E-state index is 0.0917. The summed E-state index contributed by atoms with van der Waals surface area (Å²) in [4.78, 5) is 19.2. The van der Waals surface area contributed by atoms with Crippen molar-refractivity contribution < 1.29 is 14.1 Å². The SMILES string of the molecule is COc1ccc(Cl)cc1C(=O)N(Cc1nc(-c2ccc(C)cc2)no1)C(C)C.